The summed E-state index contributed by atoms with van der Waals surface area (Å²) in [7, 11) is 0. The second-order valence-electron chi connectivity index (χ2n) is 3.47. The second-order valence-corrected chi connectivity index (χ2v) is 4.26. The molecule has 0 atom stereocenters. The van der Waals surface area contributed by atoms with Crippen LogP contribution < -0.4 is 0 Å². The Hall–Kier alpha value is -0.700. The molecule has 0 fully saturated rings. The Morgan fingerprint density at radius 3 is 2.33 bits per heavy atom. The first-order valence-corrected chi connectivity index (χ1v) is 5.87. The van der Waals surface area contributed by atoms with Crippen molar-refractivity contribution in [3.8, 4) is 0 Å². The van der Waals surface area contributed by atoms with E-state index in [4.69, 9.17) is 0 Å². The molecule has 0 bridgehead atoms. The van der Waals surface area contributed by atoms with Crippen molar-refractivity contribution >= 4 is 21.5 Å². The average Bonchev–Trinajstić information content (AvgIpc) is 2.12. The van der Waals surface area contributed by atoms with Crippen molar-refractivity contribution < 1.29 is 8.78 Å². The molecule has 0 heterocycles. The van der Waals surface area contributed by atoms with Crippen LogP contribution in [0, 0.1) is 18.6 Å². The summed E-state index contributed by atoms with van der Waals surface area (Å²) in [6.45, 7) is 3.40. The number of hydrogen-bond donors (Lipinski definition) is 0. The van der Waals surface area contributed by atoms with Gasteiger partial charge in [0.15, 0.2) is 0 Å². The van der Waals surface area contributed by atoms with Gasteiger partial charge >= 0.3 is 0 Å². The molecule has 0 aliphatic carbocycles. The van der Waals surface area contributed by atoms with E-state index in [1.807, 2.05) is 6.08 Å². The highest BCUT2D eigenvalue weighted by Gasteiger charge is 2.10. The molecule has 0 aliphatic heterocycles. The van der Waals surface area contributed by atoms with Crippen molar-refractivity contribution in [1.29, 1.82) is 0 Å². The molecule has 0 radical (unpaired) electrons. The summed E-state index contributed by atoms with van der Waals surface area (Å²) in [5.74, 6) is -0.980. The Morgan fingerprint density at radius 2 is 1.87 bits per heavy atom. The third kappa shape index (κ3) is 3.13. The lowest BCUT2D eigenvalue weighted by molar-refractivity contribution is 0.575. The minimum atomic E-state index is -0.490. The molecule has 0 amide bonds. The van der Waals surface area contributed by atoms with Crippen molar-refractivity contribution in [3.05, 3.63) is 41.0 Å². The SMILES string of the molecule is C/C(=C\CCBr)c1c(F)cc(C)cc1F. The summed E-state index contributed by atoms with van der Waals surface area (Å²) in [6.07, 6.45) is 2.59. The Kier molecular flexibility index (Phi) is 4.45. The fourth-order valence-electron chi connectivity index (χ4n) is 1.45. The quantitative estimate of drug-likeness (QED) is 0.714. The standard InChI is InChI=1S/C12H13BrF2/c1-8-6-10(14)12(11(15)7-8)9(2)4-3-5-13/h4,6-7H,3,5H2,1-2H3/b9-4+. The molecule has 1 rings (SSSR count). The molecule has 0 aliphatic rings. The highest BCUT2D eigenvalue weighted by atomic mass is 79.9. The van der Waals surface area contributed by atoms with E-state index < -0.39 is 11.6 Å². The minimum Gasteiger partial charge on any atom is -0.206 e. The van der Waals surface area contributed by atoms with Gasteiger partial charge in [-0.3, -0.25) is 0 Å². The monoisotopic (exact) mass is 274 g/mol. The molecule has 0 saturated carbocycles. The van der Waals surface area contributed by atoms with Crippen LogP contribution >= 0.6 is 15.9 Å². The van der Waals surface area contributed by atoms with Gasteiger partial charge in [-0.2, -0.15) is 0 Å². The number of hydrogen-bond acceptors (Lipinski definition) is 0. The van der Waals surface area contributed by atoms with Crippen LogP contribution in [-0.4, -0.2) is 5.33 Å². The molecule has 1 aromatic rings. The van der Waals surface area contributed by atoms with E-state index in [0.717, 1.165) is 11.8 Å². The van der Waals surface area contributed by atoms with E-state index in [9.17, 15) is 8.78 Å². The largest absolute Gasteiger partial charge is 0.206 e. The number of aryl methyl sites for hydroxylation is 1. The van der Waals surface area contributed by atoms with E-state index in [-0.39, 0.29) is 5.56 Å². The molecule has 0 spiro atoms. The zero-order valence-corrected chi connectivity index (χ0v) is 10.4. The molecule has 82 valence electrons. The Balaban J connectivity index is 3.14. The summed E-state index contributed by atoms with van der Waals surface area (Å²) >= 11 is 3.27. The van der Waals surface area contributed by atoms with Crippen molar-refractivity contribution in [2.24, 2.45) is 0 Å². The van der Waals surface area contributed by atoms with Gasteiger partial charge in [-0.25, -0.2) is 8.78 Å². The predicted octanol–water partition coefficient (Wildman–Crippen LogP) is 4.46. The van der Waals surface area contributed by atoms with E-state index in [2.05, 4.69) is 15.9 Å². The van der Waals surface area contributed by atoms with Gasteiger partial charge in [0.1, 0.15) is 11.6 Å². The number of allylic oxidation sites excluding steroid dienone is 2. The highest BCUT2D eigenvalue weighted by Crippen LogP contribution is 2.23. The Morgan fingerprint density at radius 1 is 1.33 bits per heavy atom. The third-order valence-electron chi connectivity index (χ3n) is 2.14. The molecule has 15 heavy (non-hydrogen) atoms. The molecule has 0 saturated heterocycles. The summed E-state index contributed by atoms with van der Waals surface area (Å²) in [4.78, 5) is 0. The molecule has 0 aromatic heterocycles. The highest BCUT2D eigenvalue weighted by molar-refractivity contribution is 9.09. The lowest BCUT2D eigenvalue weighted by Crippen LogP contribution is -1.94. The first-order chi connectivity index (χ1) is 7.06. The van der Waals surface area contributed by atoms with Crippen molar-refractivity contribution in [2.75, 3.05) is 5.33 Å². The lowest BCUT2D eigenvalue weighted by atomic mass is 10.0. The summed E-state index contributed by atoms with van der Waals surface area (Å²) in [5.41, 5.74) is 1.33. The molecule has 1 aromatic carbocycles. The predicted molar refractivity (Wildman–Crippen MR) is 63.2 cm³/mol. The first kappa shape index (κ1) is 12.4. The van der Waals surface area contributed by atoms with E-state index in [0.29, 0.717) is 11.1 Å². The van der Waals surface area contributed by atoms with Crippen molar-refractivity contribution in [1.82, 2.24) is 0 Å². The van der Waals surface area contributed by atoms with Gasteiger partial charge in [0.2, 0.25) is 0 Å². The lowest BCUT2D eigenvalue weighted by Gasteiger charge is -2.06. The maximum atomic E-state index is 13.5. The van der Waals surface area contributed by atoms with Crippen LogP contribution in [0.15, 0.2) is 18.2 Å². The van der Waals surface area contributed by atoms with Crippen LogP contribution in [0.5, 0.6) is 0 Å². The fourth-order valence-corrected chi connectivity index (χ4v) is 1.68. The zero-order valence-electron chi connectivity index (χ0n) is 8.78. The molecule has 0 N–H and O–H groups in total. The number of halogens is 3. The summed E-state index contributed by atoms with van der Waals surface area (Å²) in [5, 5.41) is 0.791. The zero-order chi connectivity index (χ0) is 11.4. The molecule has 0 nitrogen and oxygen atoms in total. The number of alkyl halides is 1. The van der Waals surface area contributed by atoms with Gasteiger partial charge in [0, 0.05) is 10.9 Å². The third-order valence-corrected chi connectivity index (χ3v) is 2.60. The van der Waals surface area contributed by atoms with Crippen LogP contribution in [0.25, 0.3) is 5.57 Å². The van der Waals surface area contributed by atoms with Gasteiger partial charge in [0.05, 0.1) is 0 Å². The van der Waals surface area contributed by atoms with E-state index in [1.165, 1.54) is 12.1 Å². The van der Waals surface area contributed by atoms with Crippen LogP contribution in [0.3, 0.4) is 0 Å². The van der Waals surface area contributed by atoms with E-state index >= 15 is 0 Å². The fraction of sp³-hybridized carbons (Fsp3) is 0.333. The van der Waals surface area contributed by atoms with Crippen LogP contribution in [0.4, 0.5) is 8.78 Å². The second kappa shape index (κ2) is 5.40. The van der Waals surface area contributed by atoms with Crippen LogP contribution in [0.1, 0.15) is 24.5 Å². The van der Waals surface area contributed by atoms with Crippen molar-refractivity contribution in [3.63, 3.8) is 0 Å². The van der Waals surface area contributed by atoms with Crippen LogP contribution in [0.2, 0.25) is 0 Å². The molecular formula is C12H13BrF2. The maximum Gasteiger partial charge on any atom is 0.133 e. The van der Waals surface area contributed by atoms with Gasteiger partial charge < -0.3 is 0 Å². The average molecular weight is 275 g/mol. The van der Waals surface area contributed by atoms with Gasteiger partial charge in [-0.05, 0) is 43.5 Å². The van der Waals surface area contributed by atoms with Gasteiger partial charge in [-0.15, -0.1) is 0 Å². The normalized spacial score (nSPS) is 11.9. The number of benzene rings is 1. The Bertz CT molecular complexity index is 360. The topological polar surface area (TPSA) is 0 Å². The number of rotatable bonds is 3. The van der Waals surface area contributed by atoms with Gasteiger partial charge in [0.25, 0.3) is 0 Å². The summed E-state index contributed by atoms with van der Waals surface area (Å²) in [6, 6.07) is 2.70. The molecule has 3 heteroatoms. The van der Waals surface area contributed by atoms with Crippen molar-refractivity contribution in [2.45, 2.75) is 20.3 Å². The van der Waals surface area contributed by atoms with Gasteiger partial charge in [-0.1, -0.05) is 22.0 Å². The maximum absolute atomic E-state index is 13.5. The first-order valence-electron chi connectivity index (χ1n) is 4.75. The molecule has 0 unspecified atom stereocenters. The molecular weight excluding hydrogens is 262 g/mol. The Labute approximate surface area is 97.1 Å². The minimum absolute atomic E-state index is 0.0848. The summed E-state index contributed by atoms with van der Waals surface area (Å²) < 4.78 is 27.0. The van der Waals surface area contributed by atoms with Crippen LogP contribution in [-0.2, 0) is 0 Å². The smallest absolute Gasteiger partial charge is 0.133 e. The van der Waals surface area contributed by atoms with E-state index in [1.54, 1.807) is 13.8 Å².